The van der Waals surface area contributed by atoms with Crippen LogP contribution in [0, 0.1) is 13.8 Å². The van der Waals surface area contributed by atoms with Crippen LogP contribution in [0.2, 0.25) is 0 Å². The van der Waals surface area contributed by atoms with Crippen LogP contribution in [-0.2, 0) is 16.1 Å². The zero-order valence-electron chi connectivity index (χ0n) is 11.3. The Kier molecular flexibility index (Phi) is 4.19. The van der Waals surface area contributed by atoms with Crippen LogP contribution in [0.5, 0.6) is 0 Å². The number of aryl methyl sites for hydroxylation is 2. The van der Waals surface area contributed by atoms with Gasteiger partial charge in [0, 0.05) is 0 Å². The fourth-order valence-electron chi connectivity index (χ4n) is 1.66. The van der Waals surface area contributed by atoms with Crippen molar-refractivity contribution in [3.8, 4) is 0 Å². The van der Waals surface area contributed by atoms with Crippen LogP contribution in [0.15, 0.2) is 16.7 Å². The van der Waals surface area contributed by atoms with E-state index >= 15 is 0 Å². The van der Waals surface area contributed by atoms with Gasteiger partial charge in [-0.25, -0.2) is 14.6 Å². The van der Waals surface area contributed by atoms with Crippen molar-refractivity contribution in [1.29, 1.82) is 0 Å². The second-order valence-corrected chi connectivity index (χ2v) is 5.18. The Morgan fingerprint density at radius 2 is 2.10 bits per heavy atom. The lowest BCUT2D eigenvalue weighted by atomic mass is 10.2. The summed E-state index contributed by atoms with van der Waals surface area (Å²) in [5.74, 6) is -0.765. The topological polar surface area (TPSA) is 78.6 Å². The van der Waals surface area contributed by atoms with Crippen LogP contribution >= 0.6 is 11.3 Å². The van der Waals surface area contributed by atoms with Gasteiger partial charge in [0.1, 0.15) is 10.4 Å². The Bertz CT molecular complexity index is 643. The number of thiazole rings is 1. The van der Waals surface area contributed by atoms with Crippen molar-refractivity contribution in [2.45, 2.75) is 20.5 Å². The highest BCUT2D eigenvalue weighted by molar-refractivity contribution is 7.13. The minimum atomic E-state index is -0.533. The van der Waals surface area contributed by atoms with Crippen molar-refractivity contribution in [1.82, 2.24) is 4.98 Å². The first-order valence-corrected chi connectivity index (χ1v) is 6.60. The molecule has 0 atom stereocenters. The molecule has 0 saturated heterocycles. The van der Waals surface area contributed by atoms with Gasteiger partial charge in [0.2, 0.25) is 0 Å². The number of furan rings is 1. The number of methoxy groups -OCH3 is 1. The van der Waals surface area contributed by atoms with E-state index in [0.29, 0.717) is 10.6 Å². The first kappa shape index (κ1) is 14.3. The molecule has 2 rings (SSSR count). The number of ether oxygens (including phenoxy) is 2. The molecule has 0 aliphatic heterocycles. The third-order valence-electron chi connectivity index (χ3n) is 2.57. The Labute approximate surface area is 119 Å². The number of hydrogen-bond acceptors (Lipinski definition) is 7. The van der Waals surface area contributed by atoms with E-state index in [1.165, 1.54) is 30.8 Å². The first-order valence-electron chi connectivity index (χ1n) is 5.78. The van der Waals surface area contributed by atoms with Crippen LogP contribution in [0.3, 0.4) is 0 Å². The van der Waals surface area contributed by atoms with E-state index in [4.69, 9.17) is 9.15 Å². The van der Waals surface area contributed by atoms with Gasteiger partial charge in [-0.15, -0.1) is 11.3 Å². The molecule has 106 valence electrons. The van der Waals surface area contributed by atoms with E-state index in [1.54, 1.807) is 6.92 Å². The number of nitrogens with zero attached hydrogens (tertiary/aromatic N) is 1. The van der Waals surface area contributed by atoms with E-state index in [2.05, 4.69) is 9.72 Å². The van der Waals surface area contributed by atoms with Crippen molar-refractivity contribution < 1.29 is 23.5 Å². The third-order valence-corrected chi connectivity index (χ3v) is 3.63. The molecule has 0 fully saturated rings. The maximum absolute atomic E-state index is 11.9. The largest absolute Gasteiger partial charge is 0.465 e. The maximum Gasteiger partial charge on any atom is 0.350 e. The molecule has 0 aliphatic rings. The zero-order valence-corrected chi connectivity index (χ0v) is 12.1. The molecule has 0 N–H and O–H groups in total. The zero-order chi connectivity index (χ0) is 14.7. The number of rotatable bonds is 4. The summed E-state index contributed by atoms with van der Waals surface area (Å²) in [6.07, 6.45) is 1.34. The Balaban J connectivity index is 2.06. The van der Waals surface area contributed by atoms with Gasteiger partial charge >= 0.3 is 11.9 Å². The van der Waals surface area contributed by atoms with Crippen molar-refractivity contribution in [2.75, 3.05) is 7.11 Å². The molecule has 6 nitrogen and oxygen atoms in total. The second kappa shape index (κ2) is 5.87. The molecule has 0 aromatic carbocycles. The van der Waals surface area contributed by atoms with Crippen molar-refractivity contribution >= 4 is 23.3 Å². The maximum atomic E-state index is 11.9. The number of esters is 2. The average molecular weight is 295 g/mol. The van der Waals surface area contributed by atoms with Crippen LogP contribution < -0.4 is 0 Å². The summed E-state index contributed by atoms with van der Waals surface area (Å²) >= 11 is 1.27. The Morgan fingerprint density at radius 3 is 2.70 bits per heavy atom. The lowest BCUT2D eigenvalue weighted by Crippen LogP contribution is -2.08. The standard InChI is InChI=1S/C13H13NO5S/c1-7-11(20-8(2)14-7)13(16)19-6-10-9(4-5-18-10)12(15)17-3/h4-5H,6H2,1-3H3. The molecule has 0 saturated carbocycles. The SMILES string of the molecule is COC(=O)c1ccoc1COC(=O)c1sc(C)nc1C. The predicted molar refractivity (Wildman–Crippen MR) is 70.8 cm³/mol. The summed E-state index contributed by atoms with van der Waals surface area (Å²) in [6, 6.07) is 1.47. The molecular weight excluding hydrogens is 282 g/mol. The lowest BCUT2D eigenvalue weighted by Gasteiger charge is -2.03. The normalized spacial score (nSPS) is 10.3. The molecule has 20 heavy (non-hydrogen) atoms. The number of hydrogen-bond donors (Lipinski definition) is 0. The first-order chi connectivity index (χ1) is 9.52. The molecule has 0 amide bonds. The molecule has 2 aromatic heterocycles. The van der Waals surface area contributed by atoms with E-state index in [1.807, 2.05) is 6.92 Å². The lowest BCUT2D eigenvalue weighted by molar-refractivity contribution is 0.0436. The number of aromatic nitrogens is 1. The molecule has 0 aliphatic carbocycles. The van der Waals surface area contributed by atoms with Gasteiger partial charge in [-0.1, -0.05) is 0 Å². The highest BCUT2D eigenvalue weighted by Gasteiger charge is 2.19. The van der Waals surface area contributed by atoms with Gasteiger partial charge < -0.3 is 13.9 Å². The molecule has 0 unspecified atom stereocenters. The van der Waals surface area contributed by atoms with Crippen LogP contribution in [0.4, 0.5) is 0 Å². The van der Waals surface area contributed by atoms with Crippen LogP contribution in [0.25, 0.3) is 0 Å². The highest BCUT2D eigenvalue weighted by atomic mass is 32.1. The second-order valence-electron chi connectivity index (χ2n) is 3.97. The van der Waals surface area contributed by atoms with Gasteiger partial charge in [-0.3, -0.25) is 0 Å². The molecular formula is C13H13NO5S. The molecule has 7 heteroatoms. The number of carbonyl (C=O) groups excluding carboxylic acids is 2. The van der Waals surface area contributed by atoms with E-state index in [0.717, 1.165) is 5.01 Å². The summed E-state index contributed by atoms with van der Waals surface area (Å²) in [4.78, 5) is 28.0. The third kappa shape index (κ3) is 2.88. The molecule has 2 aromatic rings. The minimum absolute atomic E-state index is 0.132. The molecule has 0 bridgehead atoms. The Morgan fingerprint density at radius 1 is 1.35 bits per heavy atom. The van der Waals surface area contributed by atoms with Gasteiger partial charge in [0.15, 0.2) is 12.4 Å². The van der Waals surface area contributed by atoms with Crippen molar-refractivity contribution in [3.63, 3.8) is 0 Å². The van der Waals surface area contributed by atoms with Gasteiger partial charge in [0.05, 0.1) is 24.1 Å². The minimum Gasteiger partial charge on any atom is -0.465 e. The molecule has 2 heterocycles. The van der Waals surface area contributed by atoms with E-state index < -0.39 is 11.9 Å². The smallest absolute Gasteiger partial charge is 0.350 e. The summed E-state index contributed by atoms with van der Waals surface area (Å²) in [6.45, 7) is 3.43. The summed E-state index contributed by atoms with van der Waals surface area (Å²) in [5.41, 5.74) is 0.877. The summed E-state index contributed by atoms with van der Waals surface area (Å²) in [7, 11) is 1.27. The van der Waals surface area contributed by atoms with Crippen molar-refractivity contribution in [2.24, 2.45) is 0 Å². The van der Waals surface area contributed by atoms with E-state index in [-0.39, 0.29) is 17.9 Å². The fourth-order valence-corrected chi connectivity index (χ4v) is 2.48. The highest BCUT2D eigenvalue weighted by Crippen LogP contribution is 2.20. The fraction of sp³-hybridized carbons (Fsp3) is 0.308. The predicted octanol–water partition coefficient (Wildman–Crippen LogP) is 2.50. The van der Waals surface area contributed by atoms with Gasteiger partial charge in [-0.2, -0.15) is 0 Å². The van der Waals surface area contributed by atoms with Gasteiger partial charge in [-0.05, 0) is 19.9 Å². The van der Waals surface area contributed by atoms with E-state index in [9.17, 15) is 9.59 Å². The summed E-state index contributed by atoms with van der Waals surface area (Å²) < 4.78 is 14.9. The van der Waals surface area contributed by atoms with Crippen LogP contribution in [0.1, 0.15) is 36.5 Å². The molecule has 0 radical (unpaired) electrons. The Hall–Kier alpha value is -2.15. The van der Waals surface area contributed by atoms with Gasteiger partial charge in [0.25, 0.3) is 0 Å². The number of carbonyl (C=O) groups is 2. The molecule has 0 spiro atoms. The quantitative estimate of drug-likeness (QED) is 0.806. The summed E-state index contributed by atoms with van der Waals surface area (Å²) in [5, 5.41) is 0.794. The van der Waals surface area contributed by atoms with Crippen molar-refractivity contribution in [3.05, 3.63) is 39.2 Å². The van der Waals surface area contributed by atoms with Crippen LogP contribution in [-0.4, -0.2) is 24.0 Å². The average Bonchev–Trinajstić information content (AvgIpc) is 3.01. The monoisotopic (exact) mass is 295 g/mol.